The molecule has 2 aliphatic rings. The van der Waals surface area contributed by atoms with Crippen molar-refractivity contribution < 1.29 is 14.0 Å². The van der Waals surface area contributed by atoms with Crippen LogP contribution in [0.5, 0.6) is 0 Å². The van der Waals surface area contributed by atoms with E-state index >= 15 is 0 Å². The average Bonchev–Trinajstić information content (AvgIpc) is 2.88. The fraction of sp³-hybridized carbons (Fsp3) is 0.562. The van der Waals surface area contributed by atoms with Crippen LogP contribution in [0.2, 0.25) is 0 Å². The Kier molecular flexibility index (Phi) is 4.56. The first-order valence-electron chi connectivity index (χ1n) is 7.95. The quantitative estimate of drug-likeness (QED) is 0.888. The molecule has 0 bridgehead atoms. The maximum Gasteiger partial charge on any atom is 0.253 e. The minimum absolute atomic E-state index is 0.0101. The molecule has 0 aliphatic carbocycles. The number of nitrogens with one attached hydrogen (secondary N) is 1. The highest BCUT2D eigenvalue weighted by Crippen LogP contribution is 2.21. The summed E-state index contributed by atoms with van der Waals surface area (Å²) in [6, 6.07) is 1.23. The van der Waals surface area contributed by atoms with Crippen molar-refractivity contribution in [3.63, 3.8) is 0 Å². The number of likely N-dealkylation sites (tertiary alicyclic amines) is 2. The Bertz CT molecular complexity index is 601. The molecular formula is C16H21FN4O2. The van der Waals surface area contributed by atoms with Gasteiger partial charge >= 0.3 is 0 Å². The van der Waals surface area contributed by atoms with E-state index in [-0.39, 0.29) is 29.5 Å². The summed E-state index contributed by atoms with van der Waals surface area (Å²) in [5.74, 6) is -0.623. The minimum Gasteiger partial charge on any atom is -0.349 e. The van der Waals surface area contributed by atoms with Crippen molar-refractivity contribution in [2.45, 2.75) is 31.3 Å². The van der Waals surface area contributed by atoms with Crippen LogP contribution in [0.3, 0.4) is 0 Å². The summed E-state index contributed by atoms with van der Waals surface area (Å²) in [6.45, 7) is 2.39. The van der Waals surface area contributed by atoms with Gasteiger partial charge < -0.3 is 10.2 Å². The number of hydrogen-bond acceptors (Lipinski definition) is 4. The van der Waals surface area contributed by atoms with E-state index in [0.717, 1.165) is 45.1 Å². The van der Waals surface area contributed by atoms with Crippen LogP contribution >= 0.6 is 0 Å². The van der Waals surface area contributed by atoms with E-state index in [4.69, 9.17) is 0 Å². The smallest absolute Gasteiger partial charge is 0.253 e. The number of aromatic nitrogens is 1. The average molecular weight is 320 g/mol. The summed E-state index contributed by atoms with van der Waals surface area (Å²) < 4.78 is 13.1. The molecule has 0 spiro atoms. The number of halogens is 1. The minimum atomic E-state index is -0.517. The number of piperidine rings is 1. The summed E-state index contributed by atoms with van der Waals surface area (Å²) in [5.41, 5.74) is 0.236. The van der Waals surface area contributed by atoms with Gasteiger partial charge in [-0.1, -0.05) is 0 Å². The molecule has 0 aromatic carbocycles. The lowest BCUT2D eigenvalue weighted by atomic mass is 10.0. The van der Waals surface area contributed by atoms with Crippen LogP contribution in [-0.4, -0.2) is 65.4 Å². The molecule has 2 saturated heterocycles. The topological polar surface area (TPSA) is 65.5 Å². The summed E-state index contributed by atoms with van der Waals surface area (Å²) in [6.07, 6.45) is 4.90. The fourth-order valence-electron chi connectivity index (χ4n) is 3.30. The molecule has 2 amide bonds. The van der Waals surface area contributed by atoms with Gasteiger partial charge in [-0.15, -0.1) is 0 Å². The van der Waals surface area contributed by atoms with Crippen molar-refractivity contribution >= 4 is 11.8 Å². The van der Waals surface area contributed by atoms with Crippen LogP contribution in [0.4, 0.5) is 4.39 Å². The van der Waals surface area contributed by atoms with Crippen molar-refractivity contribution in [2.75, 3.05) is 26.7 Å². The molecule has 124 valence electrons. The number of carbonyl (C=O) groups is 2. The number of amides is 2. The van der Waals surface area contributed by atoms with E-state index in [1.54, 1.807) is 4.90 Å². The molecule has 23 heavy (non-hydrogen) atoms. The summed E-state index contributed by atoms with van der Waals surface area (Å²) in [7, 11) is 1.84. The van der Waals surface area contributed by atoms with Crippen LogP contribution in [0, 0.1) is 5.82 Å². The van der Waals surface area contributed by atoms with Crippen LogP contribution < -0.4 is 5.32 Å². The Labute approximate surface area is 134 Å². The van der Waals surface area contributed by atoms with Crippen LogP contribution in [-0.2, 0) is 4.79 Å². The molecule has 6 nitrogen and oxygen atoms in total. The Hall–Kier alpha value is -2.02. The van der Waals surface area contributed by atoms with Crippen molar-refractivity contribution in [1.29, 1.82) is 0 Å². The molecule has 1 aromatic heterocycles. The molecule has 0 radical (unpaired) electrons. The lowest BCUT2D eigenvalue weighted by Crippen LogP contribution is -2.50. The highest BCUT2D eigenvalue weighted by atomic mass is 19.1. The van der Waals surface area contributed by atoms with Gasteiger partial charge in [-0.05, 0) is 25.3 Å². The molecular weight excluding hydrogens is 299 g/mol. The maximum absolute atomic E-state index is 13.1. The fourth-order valence-corrected chi connectivity index (χ4v) is 3.30. The number of pyridine rings is 1. The van der Waals surface area contributed by atoms with Gasteiger partial charge in [0.15, 0.2) is 0 Å². The zero-order valence-electron chi connectivity index (χ0n) is 13.2. The van der Waals surface area contributed by atoms with Crippen molar-refractivity contribution in [2.24, 2.45) is 0 Å². The molecule has 1 atom stereocenters. The molecule has 3 heterocycles. The SMILES string of the molecule is CN1CCC(N2CCC(NC(=O)c3cncc(F)c3)CC2)C1=O. The highest BCUT2D eigenvalue weighted by molar-refractivity contribution is 5.94. The monoisotopic (exact) mass is 320 g/mol. The largest absolute Gasteiger partial charge is 0.349 e. The van der Waals surface area contributed by atoms with Crippen LogP contribution in [0.15, 0.2) is 18.5 Å². The molecule has 1 N–H and O–H groups in total. The van der Waals surface area contributed by atoms with Crippen LogP contribution in [0.1, 0.15) is 29.6 Å². The van der Waals surface area contributed by atoms with Gasteiger partial charge in [0.1, 0.15) is 5.82 Å². The number of hydrogen-bond donors (Lipinski definition) is 1. The van der Waals surface area contributed by atoms with Crippen molar-refractivity contribution in [3.05, 3.63) is 29.8 Å². The van der Waals surface area contributed by atoms with E-state index in [2.05, 4.69) is 15.2 Å². The summed E-state index contributed by atoms with van der Waals surface area (Å²) in [5, 5.41) is 2.93. The Morgan fingerprint density at radius 1 is 1.26 bits per heavy atom. The lowest BCUT2D eigenvalue weighted by molar-refractivity contribution is -0.131. The van der Waals surface area contributed by atoms with Crippen LogP contribution in [0.25, 0.3) is 0 Å². The molecule has 7 heteroatoms. The lowest BCUT2D eigenvalue weighted by Gasteiger charge is -2.35. The predicted octanol–water partition coefficient (Wildman–Crippen LogP) is 0.646. The zero-order chi connectivity index (χ0) is 16.4. The highest BCUT2D eigenvalue weighted by Gasteiger charge is 2.35. The maximum atomic E-state index is 13.1. The first kappa shape index (κ1) is 15.9. The normalized spacial score (nSPS) is 23.3. The van der Waals surface area contributed by atoms with Gasteiger partial charge in [0.05, 0.1) is 17.8 Å². The third-order valence-corrected chi connectivity index (χ3v) is 4.67. The zero-order valence-corrected chi connectivity index (χ0v) is 13.2. The predicted molar refractivity (Wildman–Crippen MR) is 82.3 cm³/mol. The van der Waals surface area contributed by atoms with E-state index in [1.807, 2.05) is 7.05 Å². The first-order chi connectivity index (χ1) is 11.0. The number of carbonyl (C=O) groups excluding carboxylic acids is 2. The van der Waals surface area contributed by atoms with Gasteiger partial charge in [0, 0.05) is 38.9 Å². The van der Waals surface area contributed by atoms with Gasteiger partial charge in [-0.3, -0.25) is 19.5 Å². The van der Waals surface area contributed by atoms with Gasteiger partial charge in [-0.25, -0.2) is 4.39 Å². The van der Waals surface area contributed by atoms with E-state index < -0.39 is 5.82 Å². The molecule has 1 unspecified atom stereocenters. The van der Waals surface area contributed by atoms with E-state index in [9.17, 15) is 14.0 Å². The molecule has 2 fully saturated rings. The van der Waals surface area contributed by atoms with Gasteiger partial charge in [-0.2, -0.15) is 0 Å². The molecule has 1 aromatic rings. The van der Waals surface area contributed by atoms with Crippen molar-refractivity contribution in [1.82, 2.24) is 20.1 Å². The third-order valence-electron chi connectivity index (χ3n) is 4.67. The standard InChI is InChI=1S/C16H21FN4O2/c1-20-5-4-14(16(20)23)21-6-2-13(3-7-21)19-15(22)11-8-12(17)10-18-9-11/h8-10,13-14H,2-7H2,1H3,(H,19,22). The first-order valence-corrected chi connectivity index (χ1v) is 7.95. The molecule has 2 aliphatic heterocycles. The van der Waals surface area contributed by atoms with Gasteiger partial charge in [0.25, 0.3) is 5.91 Å². The Balaban J connectivity index is 1.51. The second-order valence-electron chi connectivity index (χ2n) is 6.24. The van der Waals surface area contributed by atoms with E-state index in [0.29, 0.717) is 0 Å². The Morgan fingerprint density at radius 3 is 2.61 bits per heavy atom. The number of rotatable bonds is 3. The van der Waals surface area contributed by atoms with Gasteiger partial charge in [0.2, 0.25) is 5.91 Å². The molecule has 0 saturated carbocycles. The second-order valence-corrected chi connectivity index (χ2v) is 6.24. The number of nitrogens with zero attached hydrogens (tertiary/aromatic N) is 3. The second kappa shape index (κ2) is 6.62. The van der Waals surface area contributed by atoms with Crippen molar-refractivity contribution in [3.8, 4) is 0 Å². The van der Waals surface area contributed by atoms with E-state index in [1.165, 1.54) is 12.3 Å². The Morgan fingerprint density at radius 2 is 2.00 bits per heavy atom. The summed E-state index contributed by atoms with van der Waals surface area (Å²) in [4.78, 5) is 31.8. The summed E-state index contributed by atoms with van der Waals surface area (Å²) >= 11 is 0. The number of likely N-dealkylation sites (N-methyl/N-ethyl adjacent to an activating group) is 1. The molecule has 3 rings (SSSR count). The third kappa shape index (κ3) is 3.50.